The molecule has 0 radical (unpaired) electrons. The lowest BCUT2D eigenvalue weighted by Crippen LogP contribution is -2.48. The molecule has 34 heavy (non-hydrogen) atoms. The number of nitrogens with zero attached hydrogens (tertiary/aromatic N) is 5. The van der Waals surface area contributed by atoms with E-state index >= 15 is 0 Å². The van der Waals surface area contributed by atoms with Gasteiger partial charge in [0.2, 0.25) is 5.95 Å². The molecule has 3 heterocycles. The van der Waals surface area contributed by atoms with Gasteiger partial charge in [-0.25, -0.2) is 14.4 Å². The molecule has 0 atom stereocenters. The number of hydrogen-bond acceptors (Lipinski definition) is 6. The topological polar surface area (TPSA) is 69.6 Å². The number of carbonyl (C=O) groups excluding carboxylic acids is 2. The Morgan fingerprint density at radius 3 is 2.15 bits per heavy atom. The highest BCUT2D eigenvalue weighted by Gasteiger charge is 2.42. The molecule has 0 N–H and O–H groups in total. The number of anilines is 1. The summed E-state index contributed by atoms with van der Waals surface area (Å²) in [4.78, 5) is 40.9. The molecule has 1 saturated heterocycles. The third-order valence-electron chi connectivity index (χ3n) is 6.20. The second kappa shape index (κ2) is 9.05. The molecule has 1 fully saturated rings. The van der Waals surface area contributed by atoms with E-state index in [-0.39, 0.29) is 6.54 Å². The lowest BCUT2D eigenvalue weighted by Gasteiger charge is -2.36. The van der Waals surface area contributed by atoms with E-state index in [9.17, 15) is 14.0 Å². The number of amides is 2. The van der Waals surface area contributed by atoms with Gasteiger partial charge in [-0.05, 0) is 24.6 Å². The number of rotatable bonds is 5. The molecule has 0 bridgehead atoms. The maximum absolute atomic E-state index is 14.3. The number of halogens is 1. The first-order valence-corrected chi connectivity index (χ1v) is 11.2. The quantitative estimate of drug-likeness (QED) is 0.549. The zero-order valence-corrected chi connectivity index (χ0v) is 18.8. The third-order valence-corrected chi connectivity index (χ3v) is 6.20. The molecule has 172 valence electrons. The van der Waals surface area contributed by atoms with Crippen LogP contribution in [0.5, 0.6) is 0 Å². The number of aromatic nitrogens is 2. The fraction of sp³-hybridized carbons (Fsp3) is 0.231. The molecule has 8 heteroatoms. The van der Waals surface area contributed by atoms with Crippen molar-refractivity contribution in [3.8, 4) is 0 Å². The Balaban J connectivity index is 1.46. The maximum atomic E-state index is 14.3. The van der Waals surface area contributed by atoms with E-state index in [0.717, 1.165) is 10.5 Å². The summed E-state index contributed by atoms with van der Waals surface area (Å²) < 4.78 is 14.3. The Labute approximate surface area is 197 Å². The van der Waals surface area contributed by atoms with Crippen LogP contribution in [0.25, 0.3) is 5.57 Å². The van der Waals surface area contributed by atoms with Crippen LogP contribution in [0.4, 0.5) is 10.3 Å². The van der Waals surface area contributed by atoms with Gasteiger partial charge >= 0.3 is 0 Å². The first-order valence-electron chi connectivity index (χ1n) is 11.2. The zero-order chi connectivity index (χ0) is 23.7. The van der Waals surface area contributed by atoms with Gasteiger partial charge in [-0.15, -0.1) is 0 Å². The van der Waals surface area contributed by atoms with Gasteiger partial charge in [0.15, 0.2) is 0 Å². The largest absolute Gasteiger partial charge is 0.363 e. The van der Waals surface area contributed by atoms with Crippen molar-refractivity contribution < 1.29 is 14.0 Å². The minimum atomic E-state index is -0.440. The van der Waals surface area contributed by atoms with Gasteiger partial charge in [0.1, 0.15) is 11.5 Å². The second-order valence-electron chi connectivity index (χ2n) is 8.40. The van der Waals surface area contributed by atoms with Crippen molar-refractivity contribution in [2.24, 2.45) is 0 Å². The molecule has 2 aromatic carbocycles. The average Bonchev–Trinajstić information content (AvgIpc) is 3.11. The van der Waals surface area contributed by atoms with Crippen molar-refractivity contribution >= 4 is 23.3 Å². The van der Waals surface area contributed by atoms with Crippen molar-refractivity contribution in [1.82, 2.24) is 19.8 Å². The summed E-state index contributed by atoms with van der Waals surface area (Å²) in [6.45, 7) is 4.16. The highest BCUT2D eigenvalue weighted by atomic mass is 19.1. The smallest absolute Gasteiger partial charge is 0.278 e. The second-order valence-corrected chi connectivity index (χ2v) is 8.40. The van der Waals surface area contributed by atoms with Crippen LogP contribution in [0.2, 0.25) is 0 Å². The van der Waals surface area contributed by atoms with E-state index in [0.29, 0.717) is 54.5 Å². The molecule has 3 aromatic rings. The molecule has 7 nitrogen and oxygen atoms in total. The number of aryl methyl sites for hydroxylation is 1. The van der Waals surface area contributed by atoms with Crippen LogP contribution in [0, 0.1) is 12.7 Å². The van der Waals surface area contributed by atoms with E-state index in [4.69, 9.17) is 0 Å². The van der Waals surface area contributed by atoms with Crippen molar-refractivity contribution in [3.63, 3.8) is 0 Å². The number of benzene rings is 2. The van der Waals surface area contributed by atoms with Gasteiger partial charge in [0.25, 0.3) is 11.8 Å². The standard InChI is InChI=1S/C26H24FN5O2/c1-18-7-9-19(10-8-18)22-23(30-13-15-31(16-14-30)26-28-11-4-12-29-26)25(34)32(24(22)33)17-20-5-2-3-6-21(20)27/h2-12H,13-17H2,1H3. The molecular weight excluding hydrogens is 433 g/mol. The predicted octanol–water partition coefficient (Wildman–Crippen LogP) is 3.03. The Morgan fingerprint density at radius 1 is 0.824 bits per heavy atom. The summed E-state index contributed by atoms with van der Waals surface area (Å²) in [5, 5.41) is 0. The van der Waals surface area contributed by atoms with Gasteiger partial charge in [0.05, 0.1) is 12.1 Å². The summed E-state index contributed by atoms with van der Waals surface area (Å²) in [6, 6.07) is 15.5. The van der Waals surface area contributed by atoms with Gasteiger partial charge < -0.3 is 9.80 Å². The first-order chi connectivity index (χ1) is 16.5. The van der Waals surface area contributed by atoms with Crippen LogP contribution in [0.3, 0.4) is 0 Å². The molecule has 2 aliphatic heterocycles. The summed E-state index contributed by atoms with van der Waals surface area (Å²) in [6.07, 6.45) is 3.40. The minimum absolute atomic E-state index is 0.110. The maximum Gasteiger partial charge on any atom is 0.278 e. The molecule has 0 spiro atoms. The zero-order valence-electron chi connectivity index (χ0n) is 18.8. The highest BCUT2D eigenvalue weighted by molar-refractivity contribution is 6.35. The van der Waals surface area contributed by atoms with Crippen LogP contribution < -0.4 is 4.90 Å². The van der Waals surface area contributed by atoms with Crippen molar-refractivity contribution in [2.45, 2.75) is 13.5 Å². The van der Waals surface area contributed by atoms with Crippen LogP contribution >= 0.6 is 0 Å². The summed E-state index contributed by atoms with van der Waals surface area (Å²) in [5.41, 5.74) is 2.79. The van der Waals surface area contributed by atoms with Crippen LogP contribution in [0.15, 0.2) is 72.7 Å². The van der Waals surface area contributed by atoms with Crippen molar-refractivity contribution in [3.05, 3.63) is 95.2 Å². The molecule has 0 unspecified atom stereocenters. The number of imide groups is 1. The number of hydrogen-bond donors (Lipinski definition) is 0. The fourth-order valence-electron chi connectivity index (χ4n) is 4.36. The molecule has 2 amide bonds. The molecule has 0 saturated carbocycles. The lowest BCUT2D eigenvalue weighted by molar-refractivity contribution is -0.138. The summed E-state index contributed by atoms with van der Waals surface area (Å²) in [7, 11) is 0. The molecule has 5 rings (SSSR count). The van der Waals surface area contributed by atoms with E-state index < -0.39 is 17.6 Å². The third kappa shape index (κ3) is 4.03. The Kier molecular flexibility index (Phi) is 5.79. The van der Waals surface area contributed by atoms with Gasteiger partial charge in [-0.3, -0.25) is 14.5 Å². The Bertz CT molecular complexity index is 1250. The summed E-state index contributed by atoms with van der Waals surface area (Å²) >= 11 is 0. The van der Waals surface area contributed by atoms with Crippen LogP contribution in [-0.4, -0.2) is 57.8 Å². The van der Waals surface area contributed by atoms with Gasteiger partial charge in [-0.1, -0.05) is 48.0 Å². The Morgan fingerprint density at radius 2 is 1.47 bits per heavy atom. The van der Waals surface area contributed by atoms with Crippen LogP contribution in [-0.2, 0) is 16.1 Å². The number of piperazine rings is 1. The predicted molar refractivity (Wildman–Crippen MR) is 126 cm³/mol. The van der Waals surface area contributed by atoms with E-state index in [2.05, 4.69) is 14.9 Å². The normalized spacial score (nSPS) is 16.6. The average molecular weight is 458 g/mol. The van der Waals surface area contributed by atoms with Gasteiger partial charge in [-0.2, -0.15) is 0 Å². The molecule has 0 aliphatic carbocycles. The number of carbonyl (C=O) groups is 2. The fourth-order valence-corrected chi connectivity index (χ4v) is 4.36. The first kappa shape index (κ1) is 21.8. The SMILES string of the molecule is Cc1ccc(C2=C(N3CCN(c4ncccn4)CC3)C(=O)N(Cc3ccccc3F)C2=O)cc1. The molecule has 1 aromatic heterocycles. The van der Waals surface area contributed by atoms with Crippen molar-refractivity contribution in [2.75, 3.05) is 31.1 Å². The summed E-state index contributed by atoms with van der Waals surface area (Å²) in [5.74, 6) is -0.594. The van der Waals surface area contributed by atoms with Crippen LogP contribution in [0.1, 0.15) is 16.7 Å². The monoisotopic (exact) mass is 457 g/mol. The molecular formula is C26H24FN5O2. The lowest BCUT2D eigenvalue weighted by atomic mass is 10.0. The Hall–Kier alpha value is -4.07. The van der Waals surface area contributed by atoms with E-state index in [1.54, 1.807) is 36.7 Å². The molecule has 2 aliphatic rings. The minimum Gasteiger partial charge on any atom is -0.363 e. The van der Waals surface area contributed by atoms with E-state index in [1.807, 2.05) is 36.1 Å². The van der Waals surface area contributed by atoms with E-state index in [1.165, 1.54) is 6.07 Å². The van der Waals surface area contributed by atoms with Gasteiger partial charge in [0, 0.05) is 44.1 Å². The van der Waals surface area contributed by atoms with Crippen molar-refractivity contribution in [1.29, 1.82) is 0 Å². The highest BCUT2D eigenvalue weighted by Crippen LogP contribution is 2.33.